The second-order valence-corrected chi connectivity index (χ2v) is 5.48. The molecule has 0 heterocycles. The first-order valence-corrected chi connectivity index (χ1v) is 6.59. The smallest absolute Gasteiger partial charge is 0.306 e. The van der Waals surface area contributed by atoms with E-state index in [0.29, 0.717) is 11.8 Å². The molecule has 2 aliphatic rings. The number of carboxylic acids is 1. The van der Waals surface area contributed by atoms with Crippen LogP contribution in [0.15, 0.2) is 0 Å². The second kappa shape index (κ2) is 5.17. The van der Waals surface area contributed by atoms with Crippen molar-refractivity contribution in [3.63, 3.8) is 0 Å². The molecule has 2 saturated carbocycles. The van der Waals surface area contributed by atoms with Crippen LogP contribution in [0.4, 0.5) is 0 Å². The largest absolute Gasteiger partial charge is 0.481 e. The van der Waals surface area contributed by atoms with Gasteiger partial charge in [0.25, 0.3) is 0 Å². The third-order valence-corrected chi connectivity index (χ3v) is 4.45. The molecule has 0 radical (unpaired) electrons. The molecule has 92 valence electrons. The number of aliphatic hydroxyl groups is 1. The number of carboxylic acid groups (broad SMARTS) is 1. The molecule has 2 aliphatic carbocycles. The van der Waals surface area contributed by atoms with Gasteiger partial charge in [0.05, 0.1) is 12.0 Å². The highest BCUT2D eigenvalue weighted by atomic mass is 16.4. The van der Waals surface area contributed by atoms with Gasteiger partial charge in [-0.2, -0.15) is 0 Å². The van der Waals surface area contributed by atoms with E-state index in [1.165, 1.54) is 6.42 Å². The van der Waals surface area contributed by atoms with Crippen LogP contribution in [-0.4, -0.2) is 22.3 Å². The van der Waals surface area contributed by atoms with Crippen molar-refractivity contribution < 1.29 is 15.0 Å². The van der Waals surface area contributed by atoms with Crippen molar-refractivity contribution in [1.82, 2.24) is 0 Å². The van der Waals surface area contributed by atoms with Crippen molar-refractivity contribution >= 4 is 5.97 Å². The number of aliphatic hydroxyl groups excluding tert-OH is 1. The molecule has 0 bridgehead atoms. The standard InChI is InChI=1S/C13H22O3/c14-12-7-2-1-6-11(12)9-4-3-5-10(8-9)13(15)16/h9-12,14H,1-8H2,(H,15,16). The van der Waals surface area contributed by atoms with Gasteiger partial charge in [0.1, 0.15) is 0 Å². The average molecular weight is 226 g/mol. The zero-order chi connectivity index (χ0) is 11.5. The zero-order valence-corrected chi connectivity index (χ0v) is 9.77. The average Bonchev–Trinajstić information content (AvgIpc) is 2.30. The van der Waals surface area contributed by atoms with E-state index in [1.807, 2.05) is 0 Å². The lowest BCUT2D eigenvalue weighted by molar-refractivity contribution is -0.144. The number of aliphatic carboxylic acids is 1. The summed E-state index contributed by atoms with van der Waals surface area (Å²) in [6, 6.07) is 0. The summed E-state index contributed by atoms with van der Waals surface area (Å²) in [6.07, 6.45) is 7.92. The molecule has 3 heteroatoms. The van der Waals surface area contributed by atoms with Crippen LogP contribution in [0, 0.1) is 17.8 Å². The van der Waals surface area contributed by atoms with Gasteiger partial charge in [-0.3, -0.25) is 4.79 Å². The molecular formula is C13H22O3. The molecule has 2 fully saturated rings. The van der Waals surface area contributed by atoms with E-state index in [0.717, 1.165) is 44.9 Å². The molecule has 4 atom stereocenters. The third-order valence-electron chi connectivity index (χ3n) is 4.45. The van der Waals surface area contributed by atoms with Gasteiger partial charge in [-0.15, -0.1) is 0 Å². The number of hydrogen-bond acceptors (Lipinski definition) is 2. The normalized spacial score (nSPS) is 40.6. The molecule has 0 aromatic rings. The van der Waals surface area contributed by atoms with Crippen LogP contribution in [0.3, 0.4) is 0 Å². The molecule has 0 spiro atoms. The Balaban J connectivity index is 1.95. The summed E-state index contributed by atoms with van der Waals surface area (Å²) in [7, 11) is 0. The Kier molecular flexibility index (Phi) is 3.85. The quantitative estimate of drug-likeness (QED) is 0.760. The Labute approximate surface area is 96.9 Å². The molecule has 0 aromatic carbocycles. The van der Waals surface area contributed by atoms with Crippen molar-refractivity contribution in [2.24, 2.45) is 17.8 Å². The zero-order valence-electron chi connectivity index (χ0n) is 9.77. The molecule has 3 nitrogen and oxygen atoms in total. The predicted molar refractivity (Wildman–Crippen MR) is 61.0 cm³/mol. The van der Waals surface area contributed by atoms with Gasteiger partial charge in [-0.1, -0.05) is 25.7 Å². The number of hydrogen-bond donors (Lipinski definition) is 2. The van der Waals surface area contributed by atoms with E-state index in [9.17, 15) is 9.90 Å². The summed E-state index contributed by atoms with van der Waals surface area (Å²) >= 11 is 0. The highest BCUT2D eigenvalue weighted by molar-refractivity contribution is 5.70. The fourth-order valence-electron chi connectivity index (χ4n) is 3.53. The van der Waals surface area contributed by atoms with E-state index in [1.54, 1.807) is 0 Å². The van der Waals surface area contributed by atoms with Crippen LogP contribution >= 0.6 is 0 Å². The Hall–Kier alpha value is -0.570. The fraction of sp³-hybridized carbons (Fsp3) is 0.923. The van der Waals surface area contributed by atoms with E-state index < -0.39 is 5.97 Å². The summed E-state index contributed by atoms with van der Waals surface area (Å²) < 4.78 is 0. The van der Waals surface area contributed by atoms with Gasteiger partial charge in [0, 0.05) is 0 Å². The van der Waals surface area contributed by atoms with Crippen molar-refractivity contribution in [3.05, 3.63) is 0 Å². The van der Waals surface area contributed by atoms with Gasteiger partial charge >= 0.3 is 5.97 Å². The molecule has 0 amide bonds. The Bertz CT molecular complexity index is 252. The third kappa shape index (κ3) is 2.57. The Morgan fingerprint density at radius 3 is 2.44 bits per heavy atom. The van der Waals surface area contributed by atoms with Crippen LogP contribution < -0.4 is 0 Å². The van der Waals surface area contributed by atoms with E-state index in [4.69, 9.17) is 5.11 Å². The second-order valence-electron chi connectivity index (χ2n) is 5.48. The predicted octanol–water partition coefficient (Wildman–Crippen LogP) is 2.43. The van der Waals surface area contributed by atoms with E-state index >= 15 is 0 Å². The lowest BCUT2D eigenvalue weighted by Gasteiger charge is -2.38. The number of carbonyl (C=O) groups is 1. The molecule has 4 unspecified atom stereocenters. The maximum absolute atomic E-state index is 11.0. The van der Waals surface area contributed by atoms with Crippen molar-refractivity contribution in [3.8, 4) is 0 Å². The van der Waals surface area contributed by atoms with Gasteiger partial charge in [-0.25, -0.2) is 0 Å². The highest BCUT2D eigenvalue weighted by Gasteiger charge is 2.35. The SMILES string of the molecule is O=C(O)C1CCCC(C2CCCCC2O)C1. The van der Waals surface area contributed by atoms with Gasteiger partial charge in [0.15, 0.2) is 0 Å². The fourth-order valence-corrected chi connectivity index (χ4v) is 3.53. The summed E-state index contributed by atoms with van der Waals surface area (Å²) in [4.78, 5) is 11.0. The van der Waals surface area contributed by atoms with Crippen LogP contribution in [0.1, 0.15) is 51.4 Å². The first kappa shape index (κ1) is 11.9. The van der Waals surface area contributed by atoms with Gasteiger partial charge < -0.3 is 10.2 Å². The van der Waals surface area contributed by atoms with Crippen LogP contribution in [0.25, 0.3) is 0 Å². The van der Waals surface area contributed by atoms with Crippen LogP contribution in [0.2, 0.25) is 0 Å². The first-order chi connectivity index (χ1) is 7.68. The van der Waals surface area contributed by atoms with Crippen molar-refractivity contribution in [2.75, 3.05) is 0 Å². The minimum absolute atomic E-state index is 0.159. The molecule has 2 N–H and O–H groups in total. The lowest BCUT2D eigenvalue weighted by Crippen LogP contribution is -2.35. The summed E-state index contributed by atoms with van der Waals surface area (Å²) in [6.45, 7) is 0. The van der Waals surface area contributed by atoms with E-state index in [2.05, 4.69) is 0 Å². The van der Waals surface area contributed by atoms with Gasteiger partial charge in [-0.05, 0) is 37.5 Å². The maximum atomic E-state index is 11.0. The molecule has 0 aliphatic heterocycles. The maximum Gasteiger partial charge on any atom is 0.306 e. The first-order valence-electron chi connectivity index (χ1n) is 6.59. The lowest BCUT2D eigenvalue weighted by atomic mass is 9.69. The minimum Gasteiger partial charge on any atom is -0.481 e. The summed E-state index contributed by atoms with van der Waals surface area (Å²) in [5, 5.41) is 19.1. The minimum atomic E-state index is -0.644. The Morgan fingerprint density at radius 2 is 1.75 bits per heavy atom. The molecule has 0 saturated heterocycles. The van der Waals surface area contributed by atoms with Crippen LogP contribution in [-0.2, 0) is 4.79 Å². The number of rotatable bonds is 2. The highest BCUT2D eigenvalue weighted by Crippen LogP contribution is 2.40. The summed E-state index contributed by atoms with van der Waals surface area (Å²) in [5.41, 5.74) is 0. The topological polar surface area (TPSA) is 57.5 Å². The molecule has 16 heavy (non-hydrogen) atoms. The monoisotopic (exact) mass is 226 g/mol. The van der Waals surface area contributed by atoms with Gasteiger partial charge in [0.2, 0.25) is 0 Å². The van der Waals surface area contributed by atoms with Crippen molar-refractivity contribution in [2.45, 2.75) is 57.5 Å². The summed E-state index contributed by atoms with van der Waals surface area (Å²) in [5.74, 6) is 0.0175. The molecule has 2 rings (SSSR count). The van der Waals surface area contributed by atoms with E-state index in [-0.39, 0.29) is 12.0 Å². The van der Waals surface area contributed by atoms with Crippen molar-refractivity contribution in [1.29, 1.82) is 0 Å². The molecular weight excluding hydrogens is 204 g/mol. The Morgan fingerprint density at radius 1 is 1.00 bits per heavy atom. The van der Waals surface area contributed by atoms with Crippen LogP contribution in [0.5, 0.6) is 0 Å². The molecule has 0 aromatic heterocycles.